The van der Waals surface area contributed by atoms with Crippen LogP contribution in [0.1, 0.15) is 27.7 Å². The quantitative estimate of drug-likeness (QED) is 0.457. The number of fused-ring (bicyclic) bond motifs is 1. The van der Waals surface area contributed by atoms with Crippen molar-refractivity contribution >= 4 is 5.91 Å². The van der Waals surface area contributed by atoms with Gasteiger partial charge in [-0.1, -0.05) is 0 Å². The third-order valence-electron chi connectivity index (χ3n) is 3.44. The van der Waals surface area contributed by atoms with Gasteiger partial charge in [0.25, 0.3) is 5.91 Å². The van der Waals surface area contributed by atoms with Gasteiger partial charge in [-0.15, -0.1) is 10.2 Å². The average molecular weight is 276 g/mol. The van der Waals surface area contributed by atoms with Crippen molar-refractivity contribution in [2.45, 2.75) is 26.6 Å². The molecule has 0 bridgehead atoms. The van der Waals surface area contributed by atoms with Gasteiger partial charge >= 0.3 is 0 Å². The minimum atomic E-state index is -0.337. The summed E-state index contributed by atoms with van der Waals surface area (Å²) in [6, 6.07) is 1.73. The molecule has 0 aromatic carbocycles. The number of nitrogens with two attached hydrogens (primary N) is 1. The number of hydrazine groups is 1. The van der Waals surface area contributed by atoms with Gasteiger partial charge in [0.2, 0.25) is 0 Å². The van der Waals surface area contributed by atoms with Crippen LogP contribution in [0.3, 0.4) is 0 Å². The van der Waals surface area contributed by atoms with E-state index in [1.165, 1.54) is 0 Å². The summed E-state index contributed by atoms with van der Waals surface area (Å²) < 4.78 is 7.65. The van der Waals surface area contributed by atoms with E-state index in [0.717, 1.165) is 31.2 Å². The second kappa shape index (κ2) is 5.06. The molecule has 106 valence electrons. The van der Waals surface area contributed by atoms with Crippen molar-refractivity contribution in [3.63, 3.8) is 0 Å². The molecule has 1 aliphatic heterocycles. The van der Waals surface area contributed by atoms with E-state index in [4.69, 9.17) is 10.3 Å². The summed E-state index contributed by atoms with van der Waals surface area (Å²) in [5, 5.41) is 7.97. The lowest BCUT2D eigenvalue weighted by molar-refractivity contribution is 0.0952. The molecule has 8 nitrogen and oxygen atoms in total. The van der Waals surface area contributed by atoms with Gasteiger partial charge in [0, 0.05) is 13.1 Å². The molecule has 0 atom stereocenters. The maximum atomic E-state index is 11.5. The summed E-state index contributed by atoms with van der Waals surface area (Å²) in [6.07, 6.45) is 1.74. The summed E-state index contributed by atoms with van der Waals surface area (Å²) in [4.78, 5) is 13.7. The van der Waals surface area contributed by atoms with Crippen LogP contribution < -0.4 is 11.3 Å². The number of furan rings is 1. The number of hydrogen-bond donors (Lipinski definition) is 2. The largest absolute Gasteiger partial charge is 0.464 e. The Balaban J connectivity index is 1.71. The van der Waals surface area contributed by atoms with Crippen LogP contribution in [0.25, 0.3) is 0 Å². The lowest BCUT2D eigenvalue weighted by atomic mass is 10.2. The number of nitrogen functional groups attached to an aromatic ring is 1. The lowest BCUT2D eigenvalue weighted by Gasteiger charge is -2.25. The molecule has 0 saturated carbocycles. The van der Waals surface area contributed by atoms with E-state index in [0.29, 0.717) is 17.9 Å². The van der Waals surface area contributed by atoms with Crippen LogP contribution in [0, 0.1) is 6.92 Å². The highest BCUT2D eigenvalue weighted by molar-refractivity contribution is 5.94. The van der Waals surface area contributed by atoms with Crippen LogP contribution in [0.2, 0.25) is 0 Å². The minimum absolute atomic E-state index is 0.337. The van der Waals surface area contributed by atoms with Gasteiger partial charge in [-0.3, -0.25) is 15.1 Å². The molecule has 0 aliphatic carbocycles. The van der Waals surface area contributed by atoms with E-state index in [2.05, 4.69) is 20.5 Å². The number of carbonyl (C=O) groups excluding carboxylic acids is 1. The molecule has 3 rings (SSSR count). The van der Waals surface area contributed by atoms with Gasteiger partial charge in [0.15, 0.2) is 0 Å². The number of amides is 1. The van der Waals surface area contributed by atoms with Gasteiger partial charge in [0.1, 0.15) is 23.7 Å². The molecule has 0 unspecified atom stereocenters. The Kier molecular flexibility index (Phi) is 3.25. The molecule has 8 heteroatoms. The van der Waals surface area contributed by atoms with Crippen LogP contribution in [-0.2, 0) is 19.6 Å². The average Bonchev–Trinajstić information content (AvgIpc) is 3.04. The number of carbonyl (C=O) groups is 1. The van der Waals surface area contributed by atoms with Crippen molar-refractivity contribution in [2.24, 2.45) is 5.84 Å². The fourth-order valence-electron chi connectivity index (χ4n) is 2.40. The van der Waals surface area contributed by atoms with Crippen molar-refractivity contribution in [2.75, 3.05) is 6.54 Å². The predicted octanol–water partition coefficient (Wildman–Crippen LogP) is -0.201. The molecule has 0 fully saturated rings. The summed E-state index contributed by atoms with van der Waals surface area (Å²) in [5.74, 6) is 7.06. The van der Waals surface area contributed by atoms with Gasteiger partial charge in [-0.25, -0.2) is 5.84 Å². The highest BCUT2D eigenvalue weighted by Gasteiger charge is 2.20. The van der Waals surface area contributed by atoms with Crippen molar-refractivity contribution < 1.29 is 9.21 Å². The highest BCUT2D eigenvalue weighted by Crippen LogP contribution is 2.18. The van der Waals surface area contributed by atoms with Crippen LogP contribution in [0.15, 0.2) is 16.8 Å². The summed E-state index contributed by atoms with van der Waals surface area (Å²) in [6.45, 7) is 4.85. The minimum Gasteiger partial charge on any atom is -0.464 e. The Bertz CT molecular complexity index is 632. The number of rotatable bonds is 3. The van der Waals surface area contributed by atoms with Crippen LogP contribution in [0.5, 0.6) is 0 Å². The van der Waals surface area contributed by atoms with Gasteiger partial charge in [-0.2, -0.15) is 0 Å². The topological polar surface area (TPSA) is 102 Å². The second-order valence-corrected chi connectivity index (χ2v) is 4.81. The zero-order valence-electron chi connectivity index (χ0n) is 11.2. The first kappa shape index (κ1) is 12.8. The third kappa shape index (κ3) is 2.30. The first-order valence-electron chi connectivity index (χ1n) is 6.36. The van der Waals surface area contributed by atoms with E-state index in [9.17, 15) is 4.79 Å². The Hall–Kier alpha value is -2.19. The molecule has 0 radical (unpaired) electrons. The Labute approximate surface area is 115 Å². The molecule has 1 aliphatic rings. The number of aryl methyl sites for hydroxylation is 1. The summed E-state index contributed by atoms with van der Waals surface area (Å²) in [5.41, 5.74) is 2.59. The van der Waals surface area contributed by atoms with E-state index in [1.54, 1.807) is 19.3 Å². The first-order chi connectivity index (χ1) is 9.67. The van der Waals surface area contributed by atoms with Gasteiger partial charge < -0.3 is 8.98 Å². The number of nitrogens with one attached hydrogen (secondary N) is 1. The Morgan fingerprint density at radius 2 is 2.40 bits per heavy atom. The molecular formula is C12H16N6O2. The molecule has 0 spiro atoms. The normalized spacial score (nSPS) is 15.1. The van der Waals surface area contributed by atoms with E-state index >= 15 is 0 Å². The molecule has 2 aromatic heterocycles. The number of hydrogen-bond acceptors (Lipinski definition) is 6. The maximum absolute atomic E-state index is 11.5. The SMILES string of the molecule is Cc1oc(CN2CCn3cnnc3C2)cc1C(=O)NN. The second-order valence-electron chi connectivity index (χ2n) is 4.81. The van der Waals surface area contributed by atoms with Crippen LogP contribution in [0.4, 0.5) is 0 Å². The van der Waals surface area contributed by atoms with Crippen molar-refractivity contribution in [3.8, 4) is 0 Å². The lowest BCUT2D eigenvalue weighted by Crippen LogP contribution is -2.33. The van der Waals surface area contributed by atoms with E-state index in [1.807, 2.05) is 4.57 Å². The predicted molar refractivity (Wildman–Crippen MR) is 69.2 cm³/mol. The number of aromatic nitrogens is 3. The Morgan fingerprint density at radius 1 is 1.55 bits per heavy atom. The fourth-order valence-corrected chi connectivity index (χ4v) is 2.40. The zero-order chi connectivity index (χ0) is 14.1. The maximum Gasteiger partial charge on any atom is 0.268 e. The van der Waals surface area contributed by atoms with Crippen molar-refractivity contribution in [1.29, 1.82) is 0 Å². The van der Waals surface area contributed by atoms with Crippen LogP contribution in [-0.4, -0.2) is 32.1 Å². The first-order valence-corrected chi connectivity index (χ1v) is 6.36. The Morgan fingerprint density at radius 3 is 3.20 bits per heavy atom. The van der Waals surface area contributed by atoms with E-state index in [-0.39, 0.29) is 5.91 Å². The smallest absolute Gasteiger partial charge is 0.268 e. The van der Waals surface area contributed by atoms with Crippen LogP contribution >= 0.6 is 0 Å². The number of nitrogens with zero attached hydrogens (tertiary/aromatic N) is 4. The van der Waals surface area contributed by atoms with Crippen molar-refractivity contribution in [3.05, 3.63) is 35.3 Å². The molecule has 3 heterocycles. The molecule has 0 saturated heterocycles. The molecule has 20 heavy (non-hydrogen) atoms. The standard InChI is InChI=1S/C12H16N6O2/c1-8-10(12(19)15-13)4-9(20-8)5-17-2-3-18-7-14-16-11(18)6-17/h4,7H,2-3,5-6,13H2,1H3,(H,15,19). The van der Waals surface area contributed by atoms with Gasteiger partial charge in [-0.05, 0) is 13.0 Å². The summed E-state index contributed by atoms with van der Waals surface area (Å²) in [7, 11) is 0. The van der Waals surface area contributed by atoms with Crippen molar-refractivity contribution in [1.82, 2.24) is 25.1 Å². The molecule has 1 amide bonds. The fraction of sp³-hybridized carbons (Fsp3) is 0.417. The molecule has 2 aromatic rings. The van der Waals surface area contributed by atoms with E-state index < -0.39 is 0 Å². The molecule has 3 N–H and O–H groups in total. The van der Waals surface area contributed by atoms with Gasteiger partial charge in [0.05, 0.1) is 18.7 Å². The third-order valence-corrected chi connectivity index (χ3v) is 3.44. The monoisotopic (exact) mass is 276 g/mol. The zero-order valence-corrected chi connectivity index (χ0v) is 11.2. The summed E-state index contributed by atoms with van der Waals surface area (Å²) >= 11 is 0. The highest BCUT2D eigenvalue weighted by atomic mass is 16.3. The molecular weight excluding hydrogens is 260 g/mol.